The number of hydrogen-bond acceptors (Lipinski definition) is 4. The van der Waals surface area contributed by atoms with Gasteiger partial charge in [0.2, 0.25) is 10.0 Å². The molecule has 1 saturated carbocycles. The van der Waals surface area contributed by atoms with Crippen molar-refractivity contribution in [2.24, 2.45) is 0 Å². The lowest BCUT2D eigenvalue weighted by Crippen LogP contribution is -2.40. The van der Waals surface area contributed by atoms with Gasteiger partial charge >= 0.3 is 0 Å². The highest BCUT2D eigenvalue weighted by Crippen LogP contribution is 2.21. The number of carbonyl (C=O) groups is 1. The van der Waals surface area contributed by atoms with Crippen molar-refractivity contribution in [3.63, 3.8) is 0 Å². The fourth-order valence-corrected chi connectivity index (χ4v) is 4.81. The molecular weight excluding hydrogens is 362 g/mol. The Bertz CT molecular complexity index is 728. The van der Waals surface area contributed by atoms with Crippen molar-refractivity contribution in [1.29, 1.82) is 0 Å². The third-order valence-electron chi connectivity index (χ3n) is 5.11. The summed E-state index contributed by atoms with van der Waals surface area (Å²) in [4.78, 5) is 16.9. The van der Waals surface area contributed by atoms with Crippen LogP contribution in [0.1, 0.15) is 56.3 Å². The summed E-state index contributed by atoms with van der Waals surface area (Å²) in [6.45, 7) is 4.97. The highest BCUT2D eigenvalue weighted by atomic mass is 32.2. The first kappa shape index (κ1) is 21.9. The molecular formula is C20H33N3O3S. The van der Waals surface area contributed by atoms with Gasteiger partial charge in [0.1, 0.15) is 0 Å². The summed E-state index contributed by atoms with van der Waals surface area (Å²) in [5.74, 6) is -0.159. The Labute approximate surface area is 164 Å². The molecule has 0 heterocycles. The Morgan fingerprint density at radius 3 is 2.44 bits per heavy atom. The third-order valence-corrected chi connectivity index (χ3v) is 6.77. The predicted octanol–water partition coefficient (Wildman–Crippen LogP) is 2.71. The van der Waals surface area contributed by atoms with Crippen molar-refractivity contribution >= 4 is 15.9 Å². The number of carbonyl (C=O) groups excluding carboxylic acids is 1. The standard InChI is InChI=1S/C20H33N3O3S/c1-16(2)21-27(25,26)19-12-8-9-17(15-19)20(24)23(4)14-13-22(3)18-10-6-5-7-11-18/h8-9,12,15-16,18,21H,5-7,10-11,13-14H2,1-4H3. The normalized spacial score (nSPS) is 16.1. The average molecular weight is 396 g/mol. The van der Waals surface area contributed by atoms with Gasteiger partial charge in [-0.3, -0.25) is 4.79 Å². The summed E-state index contributed by atoms with van der Waals surface area (Å²) in [5, 5.41) is 0. The minimum Gasteiger partial charge on any atom is -0.340 e. The molecule has 6 nitrogen and oxygen atoms in total. The molecule has 1 N–H and O–H groups in total. The number of amides is 1. The van der Waals surface area contributed by atoms with E-state index >= 15 is 0 Å². The third kappa shape index (κ3) is 6.30. The zero-order valence-electron chi connectivity index (χ0n) is 16.9. The number of sulfonamides is 1. The minimum absolute atomic E-state index is 0.120. The fraction of sp³-hybridized carbons (Fsp3) is 0.650. The van der Waals surface area contributed by atoms with Crippen molar-refractivity contribution in [3.8, 4) is 0 Å². The van der Waals surface area contributed by atoms with E-state index < -0.39 is 10.0 Å². The first-order valence-corrected chi connectivity index (χ1v) is 11.3. The molecule has 0 aromatic heterocycles. The van der Waals surface area contributed by atoms with E-state index in [4.69, 9.17) is 0 Å². The smallest absolute Gasteiger partial charge is 0.253 e. The van der Waals surface area contributed by atoms with Gasteiger partial charge in [0.15, 0.2) is 0 Å². The van der Waals surface area contributed by atoms with E-state index in [-0.39, 0.29) is 16.8 Å². The molecule has 152 valence electrons. The van der Waals surface area contributed by atoms with Crippen LogP contribution < -0.4 is 4.72 Å². The number of benzene rings is 1. The van der Waals surface area contributed by atoms with Crippen molar-refractivity contribution < 1.29 is 13.2 Å². The lowest BCUT2D eigenvalue weighted by Gasteiger charge is -2.32. The van der Waals surface area contributed by atoms with Crippen LogP contribution in [0.5, 0.6) is 0 Å². The average Bonchev–Trinajstić information content (AvgIpc) is 2.65. The van der Waals surface area contributed by atoms with Gasteiger partial charge in [0, 0.05) is 37.8 Å². The molecule has 0 aliphatic heterocycles. The number of rotatable bonds is 8. The SMILES string of the molecule is CC(C)NS(=O)(=O)c1cccc(C(=O)N(C)CCN(C)C2CCCCC2)c1. The van der Waals surface area contributed by atoms with Crippen molar-refractivity contribution in [2.75, 3.05) is 27.2 Å². The van der Waals surface area contributed by atoms with Crippen LogP contribution in [-0.4, -0.2) is 63.4 Å². The van der Waals surface area contributed by atoms with E-state index in [1.54, 1.807) is 37.9 Å². The summed E-state index contributed by atoms with van der Waals surface area (Å²) in [5.41, 5.74) is 0.393. The van der Waals surface area contributed by atoms with Gasteiger partial charge in [-0.2, -0.15) is 0 Å². The number of likely N-dealkylation sites (N-methyl/N-ethyl adjacent to an activating group) is 2. The summed E-state index contributed by atoms with van der Waals surface area (Å²) in [6, 6.07) is 6.65. The molecule has 1 aromatic rings. The van der Waals surface area contributed by atoms with Gasteiger partial charge in [0.05, 0.1) is 4.90 Å². The van der Waals surface area contributed by atoms with Crippen LogP contribution in [0, 0.1) is 0 Å². The number of nitrogens with zero attached hydrogens (tertiary/aromatic N) is 2. The highest BCUT2D eigenvalue weighted by molar-refractivity contribution is 7.89. The van der Waals surface area contributed by atoms with Crippen molar-refractivity contribution in [3.05, 3.63) is 29.8 Å². The second-order valence-electron chi connectivity index (χ2n) is 7.80. The van der Waals surface area contributed by atoms with E-state index in [0.29, 0.717) is 18.2 Å². The van der Waals surface area contributed by atoms with Gasteiger partial charge < -0.3 is 9.80 Å². The van der Waals surface area contributed by atoms with Gasteiger partial charge in [-0.15, -0.1) is 0 Å². The fourth-order valence-electron chi connectivity index (χ4n) is 3.51. The Balaban J connectivity index is 1.99. The van der Waals surface area contributed by atoms with E-state index in [0.717, 1.165) is 6.54 Å². The highest BCUT2D eigenvalue weighted by Gasteiger charge is 2.21. The lowest BCUT2D eigenvalue weighted by molar-refractivity contribution is 0.0767. The molecule has 1 aliphatic carbocycles. The van der Waals surface area contributed by atoms with E-state index in [9.17, 15) is 13.2 Å². The van der Waals surface area contributed by atoms with E-state index in [1.165, 1.54) is 44.2 Å². The zero-order valence-corrected chi connectivity index (χ0v) is 17.8. The molecule has 1 amide bonds. The Morgan fingerprint density at radius 1 is 1.15 bits per heavy atom. The van der Waals surface area contributed by atoms with Crippen LogP contribution in [-0.2, 0) is 10.0 Å². The second kappa shape index (κ2) is 9.66. The Hall–Kier alpha value is -1.44. The van der Waals surface area contributed by atoms with Crippen molar-refractivity contribution in [2.45, 2.75) is 62.9 Å². The molecule has 1 fully saturated rings. The molecule has 7 heteroatoms. The molecule has 0 saturated heterocycles. The molecule has 0 atom stereocenters. The Kier molecular flexibility index (Phi) is 7.82. The molecule has 0 bridgehead atoms. The van der Waals surface area contributed by atoms with Crippen LogP contribution in [0.4, 0.5) is 0 Å². The maximum Gasteiger partial charge on any atom is 0.253 e. The maximum atomic E-state index is 12.7. The number of nitrogens with one attached hydrogen (secondary N) is 1. The zero-order chi connectivity index (χ0) is 20.0. The summed E-state index contributed by atoms with van der Waals surface area (Å²) in [6.07, 6.45) is 6.37. The minimum atomic E-state index is -3.61. The van der Waals surface area contributed by atoms with E-state index in [1.807, 2.05) is 0 Å². The Morgan fingerprint density at radius 2 is 1.81 bits per heavy atom. The molecule has 0 spiro atoms. The van der Waals surface area contributed by atoms with Gasteiger partial charge in [-0.05, 0) is 51.9 Å². The summed E-state index contributed by atoms with van der Waals surface area (Å²) >= 11 is 0. The van der Waals surface area contributed by atoms with Gasteiger partial charge in [0.25, 0.3) is 5.91 Å². The van der Waals surface area contributed by atoms with Crippen LogP contribution in [0.3, 0.4) is 0 Å². The van der Waals surface area contributed by atoms with Crippen LogP contribution in [0.25, 0.3) is 0 Å². The molecule has 27 heavy (non-hydrogen) atoms. The van der Waals surface area contributed by atoms with Crippen LogP contribution in [0.2, 0.25) is 0 Å². The second-order valence-corrected chi connectivity index (χ2v) is 9.52. The summed E-state index contributed by atoms with van der Waals surface area (Å²) in [7, 11) is 0.282. The first-order valence-electron chi connectivity index (χ1n) is 9.79. The quantitative estimate of drug-likeness (QED) is 0.735. The van der Waals surface area contributed by atoms with E-state index in [2.05, 4.69) is 16.7 Å². The predicted molar refractivity (Wildman–Crippen MR) is 108 cm³/mol. The molecule has 2 rings (SSSR count). The van der Waals surface area contributed by atoms with Crippen LogP contribution >= 0.6 is 0 Å². The van der Waals surface area contributed by atoms with Gasteiger partial charge in [-0.1, -0.05) is 25.3 Å². The number of hydrogen-bond donors (Lipinski definition) is 1. The van der Waals surface area contributed by atoms with Crippen LogP contribution in [0.15, 0.2) is 29.2 Å². The molecule has 1 aromatic carbocycles. The molecule has 1 aliphatic rings. The lowest BCUT2D eigenvalue weighted by atomic mass is 9.94. The summed E-state index contributed by atoms with van der Waals surface area (Å²) < 4.78 is 27.2. The van der Waals surface area contributed by atoms with Gasteiger partial charge in [-0.25, -0.2) is 13.1 Å². The monoisotopic (exact) mass is 395 g/mol. The maximum absolute atomic E-state index is 12.7. The first-order chi connectivity index (χ1) is 12.7. The molecule has 0 unspecified atom stereocenters. The largest absolute Gasteiger partial charge is 0.340 e. The van der Waals surface area contributed by atoms with Crippen molar-refractivity contribution in [1.82, 2.24) is 14.5 Å². The molecule has 0 radical (unpaired) electrons. The topological polar surface area (TPSA) is 69.7 Å².